The number of hydrogen-bond donors (Lipinski definition) is 3. The molecule has 0 saturated heterocycles. The van der Waals surface area contributed by atoms with Crippen LogP contribution in [0.4, 0.5) is 0 Å². The van der Waals surface area contributed by atoms with E-state index in [2.05, 4.69) is 17.4 Å². The van der Waals surface area contributed by atoms with E-state index in [1.54, 1.807) is 0 Å². The van der Waals surface area contributed by atoms with Crippen LogP contribution >= 0.6 is 37.4 Å². The Labute approximate surface area is 89.6 Å². The quantitative estimate of drug-likeness (QED) is 0.363. The molecule has 0 bridgehead atoms. The maximum atomic E-state index is 10.6. The van der Waals surface area contributed by atoms with Crippen LogP contribution in [0.3, 0.4) is 0 Å². The Morgan fingerprint density at radius 1 is 1.50 bits per heavy atom. The summed E-state index contributed by atoms with van der Waals surface area (Å²) in [5, 5.41) is -0.440. The molecule has 0 radical (unpaired) electrons. The standard InChI is InChI=1S/C5H12N2O2S.2ClH/c6-1-2-9-5(8)3-4(7)10;;/h4,10H,1-3,6-7H2;2*1H. The van der Waals surface area contributed by atoms with Crippen molar-refractivity contribution in [1.29, 1.82) is 0 Å². The Balaban J connectivity index is -0.000000405. The molecule has 0 spiro atoms. The second-order valence-corrected chi connectivity index (χ2v) is 2.44. The van der Waals surface area contributed by atoms with Gasteiger partial charge in [-0.2, -0.15) is 12.6 Å². The molecule has 0 rings (SSSR count). The number of thiol groups is 1. The number of carbonyl (C=O) groups is 1. The molecule has 0 aromatic rings. The van der Waals surface area contributed by atoms with Crippen molar-refractivity contribution in [2.24, 2.45) is 11.5 Å². The summed E-state index contributed by atoms with van der Waals surface area (Å²) in [6.07, 6.45) is 0.128. The molecule has 0 heterocycles. The third-order valence-corrected chi connectivity index (χ3v) is 0.939. The predicted octanol–water partition coefficient (Wildman–Crippen LogP) is -0.0634. The third kappa shape index (κ3) is 12.9. The molecule has 0 aliphatic rings. The molecule has 0 aromatic carbocycles. The van der Waals surface area contributed by atoms with Crippen LogP contribution in [0.5, 0.6) is 0 Å². The van der Waals surface area contributed by atoms with Gasteiger partial charge in [0.25, 0.3) is 0 Å². The van der Waals surface area contributed by atoms with Crippen LogP contribution in [0.25, 0.3) is 0 Å². The average molecular weight is 237 g/mol. The van der Waals surface area contributed by atoms with Crippen LogP contribution < -0.4 is 11.5 Å². The Kier molecular flexibility index (Phi) is 17.1. The summed E-state index contributed by atoms with van der Waals surface area (Å²) < 4.78 is 4.61. The molecule has 1 atom stereocenters. The van der Waals surface area contributed by atoms with Crippen LogP contribution in [0, 0.1) is 0 Å². The highest BCUT2D eigenvalue weighted by atomic mass is 35.5. The Bertz CT molecular complexity index is 116. The summed E-state index contributed by atoms with van der Waals surface area (Å²) in [7, 11) is 0. The number of esters is 1. The smallest absolute Gasteiger partial charge is 0.308 e. The first-order chi connectivity index (χ1) is 4.66. The van der Waals surface area contributed by atoms with E-state index in [1.807, 2.05) is 0 Å². The minimum Gasteiger partial charge on any atom is -0.464 e. The molecule has 0 aliphatic carbocycles. The number of carbonyl (C=O) groups excluding carboxylic acids is 1. The maximum absolute atomic E-state index is 10.6. The van der Waals surface area contributed by atoms with E-state index in [9.17, 15) is 4.79 Å². The van der Waals surface area contributed by atoms with Gasteiger partial charge in [0.2, 0.25) is 0 Å². The summed E-state index contributed by atoms with van der Waals surface area (Å²) in [6.45, 7) is 0.590. The molecular weight excluding hydrogens is 223 g/mol. The van der Waals surface area contributed by atoms with E-state index in [0.29, 0.717) is 6.54 Å². The van der Waals surface area contributed by atoms with Crippen molar-refractivity contribution in [2.75, 3.05) is 13.2 Å². The minimum absolute atomic E-state index is 0. The van der Waals surface area contributed by atoms with Gasteiger partial charge in [0.15, 0.2) is 0 Å². The second-order valence-electron chi connectivity index (χ2n) is 1.78. The molecule has 4 nitrogen and oxygen atoms in total. The van der Waals surface area contributed by atoms with Gasteiger partial charge in [-0.3, -0.25) is 4.79 Å². The first-order valence-electron chi connectivity index (χ1n) is 2.96. The van der Waals surface area contributed by atoms with E-state index in [0.717, 1.165) is 0 Å². The molecule has 76 valence electrons. The Morgan fingerprint density at radius 2 is 2.00 bits per heavy atom. The molecule has 0 saturated carbocycles. The number of ether oxygens (including phenoxy) is 1. The van der Waals surface area contributed by atoms with Crippen molar-refractivity contribution in [1.82, 2.24) is 0 Å². The van der Waals surface area contributed by atoms with Gasteiger partial charge in [-0.05, 0) is 0 Å². The fourth-order valence-electron chi connectivity index (χ4n) is 0.402. The van der Waals surface area contributed by atoms with Crippen molar-refractivity contribution < 1.29 is 9.53 Å². The normalized spacial score (nSPS) is 10.6. The van der Waals surface area contributed by atoms with E-state index >= 15 is 0 Å². The molecular formula is C5H14Cl2N2O2S. The number of hydrogen-bond acceptors (Lipinski definition) is 5. The highest BCUT2D eigenvalue weighted by Crippen LogP contribution is 1.94. The van der Waals surface area contributed by atoms with Crippen molar-refractivity contribution in [3.8, 4) is 0 Å². The van der Waals surface area contributed by atoms with Gasteiger partial charge >= 0.3 is 5.97 Å². The lowest BCUT2D eigenvalue weighted by atomic mass is 10.4. The van der Waals surface area contributed by atoms with Crippen LogP contribution in [-0.2, 0) is 9.53 Å². The molecule has 12 heavy (non-hydrogen) atoms. The highest BCUT2D eigenvalue weighted by molar-refractivity contribution is 7.80. The summed E-state index contributed by atoms with van der Waals surface area (Å²) in [4.78, 5) is 10.6. The zero-order valence-corrected chi connectivity index (χ0v) is 8.96. The Hall–Kier alpha value is 0.320. The SMILES string of the molecule is Cl.Cl.NCCOC(=O)CC(N)S. The van der Waals surface area contributed by atoms with Crippen molar-refractivity contribution in [2.45, 2.75) is 11.8 Å². The number of halogens is 2. The van der Waals surface area contributed by atoms with Gasteiger partial charge in [-0.1, -0.05) is 0 Å². The molecule has 4 N–H and O–H groups in total. The van der Waals surface area contributed by atoms with Crippen molar-refractivity contribution in [3.05, 3.63) is 0 Å². The average Bonchev–Trinajstić information content (AvgIpc) is 1.82. The van der Waals surface area contributed by atoms with Gasteiger partial charge < -0.3 is 16.2 Å². The molecule has 0 aliphatic heterocycles. The van der Waals surface area contributed by atoms with E-state index < -0.39 is 5.37 Å². The zero-order valence-electron chi connectivity index (χ0n) is 6.43. The van der Waals surface area contributed by atoms with Gasteiger partial charge in [0.05, 0.1) is 11.8 Å². The minimum atomic E-state index is -0.440. The first-order valence-corrected chi connectivity index (χ1v) is 3.47. The summed E-state index contributed by atoms with van der Waals surface area (Å²) >= 11 is 3.81. The lowest BCUT2D eigenvalue weighted by Gasteiger charge is -2.03. The van der Waals surface area contributed by atoms with Crippen LogP contribution in [-0.4, -0.2) is 24.5 Å². The molecule has 7 heteroatoms. The zero-order chi connectivity index (χ0) is 7.98. The third-order valence-electron chi connectivity index (χ3n) is 0.757. The predicted molar refractivity (Wildman–Crippen MR) is 56.1 cm³/mol. The topological polar surface area (TPSA) is 78.3 Å². The summed E-state index contributed by atoms with van der Waals surface area (Å²) in [6, 6.07) is 0. The summed E-state index contributed by atoms with van der Waals surface area (Å²) in [5.74, 6) is -0.354. The second kappa shape index (κ2) is 11.3. The Morgan fingerprint density at radius 3 is 2.33 bits per heavy atom. The molecule has 1 unspecified atom stereocenters. The maximum Gasteiger partial charge on any atom is 0.308 e. The lowest BCUT2D eigenvalue weighted by molar-refractivity contribution is -0.143. The monoisotopic (exact) mass is 236 g/mol. The largest absolute Gasteiger partial charge is 0.464 e. The van der Waals surface area contributed by atoms with Gasteiger partial charge in [0, 0.05) is 6.54 Å². The van der Waals surface area contributed by atoms with E-state index in [1.165, 1.54) is 0 Å². The van der Waals surface area contributed by atoms with Crippen LogP contribution in [0.15, 0.2) is 0 Å². The molecule has 0 aromatic heterocycles. The summed E-state index contributed by atoms with van der Waals surface area (Å²) in [5.41, 5.74) is 10.3. The number of nitrogens with two attached hydrogens (primary N) is 2. The van der Waals surface area contributed by atoms with Gasteiger partial charge in [-0.25, -0.2) is 0 Å². The van der Waals surface area contributed by atoms with Crippen molar-refractivity contribution in [3.63, 3.8) is 0 Å². The van der Waals surface area contributed by atoms with Gasteiger partial charge in [0.1, 0.15) is 6.61 Å². The van der Waals surface area contributed by atoms with Crippen LogP contribution in [0.1, 0.15) is 6.42 Å². The van der Waals surface area contributed by atoms with E-state index in [4.69, 9.17) is 11.5 Å². The van der Waals surface area contributed by atoms with Crippen molar-refractivity contribution >= 4 is 43.4 Å². The lowest BCUT2D eigenvalue weighted by Crippen LogP contribution is -2.21. The molecule has 0 amide bonds. The van der Waals surface area contributed by atoms with E-state index in [-0.39, 0.29) is 43.8 Å². The fraction of sp³-hybridized carbons (Fsp3) is 0.800. The highest BCUT2D eigenvalue weighted by Gasteiger charge is 2.04. The fourth-order valence-corrected chi connectivity index (χ4v) is 0.552. The van der Waals surface area contributed by atoms with Crippen LogP contribution in [0.2, 0.25) is 0 Å². The van der Waals surface area contributed by atoms with Gasteiger partial charge in [-0.15, -0.1) is 24.8 Å². The first kappa shape index (κ1) is 18.2. The molecule has 0 fully saturated rings. The number of rotatable bonds is 4.